The van der Waals surface area contributed by atoms with Crippen molar-refractivity contribution in [1.29, 1.82) is 0 Å². The average molecular weight is 369 g/mol. The van der Waals surface area contributed by atoms with Crippen LogP contribution in [0.25, 0.3) is 0 Å². The Labute approximate surface area is 160 Å². The van der Waals surface area contributed by atoms with E-state index in [9.17, 15) is 4.79 Å². The van der Waals surface area contributed by atoms with E-state index in [2.05, 4.69) is 31.4 Å². The highest BCUT2D eigenvalue weighted by Gasteiger charge is 2.42. The number of hydrogen-bond donors (Lipinski definition) is 2. The maximum absolute atomic E-state index is 12.7. The van der Waals surface area contributed by atoms with Crippen molar-refractivity contribution in [1.82, 2.24) is 15.5 Å². The second-order valence-electron chi connectivity index (χ2n) is 7.84. The molecular weight excluding hydrogens is 328 g/mol. The van der Waals surface area contributed by atoms with Crippen LogP contribution in [0.4, 0.5) is 0 Å². The molecule has 1 atom stereocenters. The van der Waals surface area contributed by atoms with E-state index in [-0.39, 0.29) is 17.4 Å². The number of carbonyl (C=O) groups excluding carboxylic acids is 1. The summed E-state index contributed by atoms with van der Waals surface area (Å²) in [6.45, 7) is 11.4. The summed E-state index contributed by atoms with van der Waals surface area (Å²) in [5.41, 5.74) is -0.322. The molecule has 0 heterocycles. The number of aliphatic imine (C=N–C) groups is 1. The number of hydrogen-bond acceptors (Lipinski definition) is 3. The summed E-state index contributed by atoms with van der Waals surface area (Å²) < 4.78 is 5.81. The molecule has 0 aromatic carbocycles. The van der Waals surface area contributed by atoms with E-state index < -0.39 is 0 Å². The summed E-state index contributed by atoms with van der Waals surface area (Å²) in [5, 5.41) is 6.71. The minimum absolute atomic E-state index is 0.214. The van der Waals surface area contributed by atoms with E-state index in [1.54, 1.807) is 4.90 Å². The number of nitrogens with one attached hydrogen (secondary N) is 2. The van der Waals surface area contributed by atoms with Gasteiger partial charge in [-0.2, -0.15) is 0 Å². The molecule has 1 amide bonds. The van der Waals surface area contributed by atoms with Crippen molar-refractivity contribution in [2.24, 2.45) is 16.3 Å². The Morgan fingerprint density at radius 3 is 2.35 bits per heavy atom. The molecule has 1 aliphatic carbocycles. The lowest BCUT2D eigenvalue weighted by Crippen LogP contribution is -2.43. The van der Waals surface area contributed by atoms with E-state index in [1.807, 2.05) is 21.0 Å². The summed E-state index contributed by atoms with van der Waals surface area (Å²) >= 11 is 0. The van der Waals surface area contributed by atoms with Crippen LogP contribution in [-0.4, -0.2) is 63.2 Å². The van der Waals surface area contributed by atoms with Crippen LogP contribution in [0.1, 0.15) is 59.8 Å². The fourth-order valence-electron chi connectivity index (χ4n) is 3.69. The molecule has 0 saturated heterocycles. The first-order valence-corrected chi connectivity index (χ1v) is 10.2. The zero-order valence-electron chi connectivity index (χ0n) is 17.7. The van der Waals surface area contributed by atoms with Crippen LogP contribution in [0.15, 0.2) is 4.99 Å². The van der Waals surface area contributed by atoms with Gasteiger partial charge in [-0.15, -0.1) is 0 Å². The van der Waals surface area contributed by atoms with Gasteiger partial charge in [-0.25, -0.2) is 0 Å². The van der Waals surface area contributed by atoms with Crippen molar-refractivity contribution in [3.05, 3.63) is 0 Å². The van der Waals surface area contributed by atoms with E-state index >= 15 is 0 Å². The quantitative estimate of drug-likeness (QED) is 0.460. The third-order valence-electron chi connectivity index (χ3n) is 5.15. The molecule has 1 saturated carbocycles. The van der Waals surface area contributed by atoms with Gasteiger partial charge >= 0.3 is 0 Å². The molecule has 0 aliphatic heterocycles. The van der Waals surface area contributed by atoms with Crippen LogP contribution in [0.5, 0.6) is 0 Å². The number of carbonyl (C=O) groups is 1. The number of nitrogens with zero attached hydrogens (tertiary/aromatic N) is 2. The predicted molar refractivity (Wildman–Crippen MR) is 108 cm³/mol. The van der Waals surface area contributed by atoms with Crippen LogP contribution in [0, 0.1) is 11.3 Å². The highest BCUT2D eigenvalue weighted by molar-refractivity contribution is 5.84. The summed E-state index contributed by atoms with van der Waals surface area (Å²) in [6.07, 6.45) is 5.30. The highest BCUT2D eigenvalue weighted by Crippen LogP contribution is 2.39. The molecule has 1 fully saturated rings. The Morgan fingerprint density at radius 1 is 1.19 bits per heavy atom. The van der Waals surface area contributed by atoms with Crippen LogP contribution < -0.4 is 10.6 Å². The maximum Gasteiger partial charge on any atom is 0.230 e. The molecule has 26 heavy (non-hydrogen) atoms. The maximum atomic E-state index is 12.7. The number of guanidine groups is 1. The summed E-state index contributed by atoms with van der Waals surface area (Å²) in [6, 6.07) is 0. The smallest absolute Gasteiger partial charge is 0.230 e. The molecule has 2 N–H and O–H groups in total. The van der Waals surface area contributed by atoms with Gasteiger partial charge in [-0.3, -0.25) is 9.79 Å². The number of amides is 1. The van der Waals surface area contributed by atoms with Gasteiger partial charge in [0.15, 0.2) is 5.96 Å². The molecule has 0 aromatic heterocycles. The third kappa shape index (κ3) is 6.78. The highest BCUT2D eigenvalue weighted by atomic mass is 16.5. The second kappa shape index (κ2) is 11.4. The minimum atomic E-state index is -0.322. The van der Waals surface area contributed by atoms with Gasteiger partial charge < -0.3 is 20.3 Å². The summed E-state index contributed by atoms with van der Waals surface area (Å²) in [5.74, 6) is 1.51. The van der Waals surface area contributed by atoms with Crippen LogP contribution in [0.2, 0.25) is 0 Å². The van der Waals surface area contributed by atoms with Gasteiger partial charge in [0.2, 0.25) is 5.91 Å². The Morgan fingerprint density at radius 2 is 1.85 bits per heavy atom. The first-order valence-electron chi connectivity index (χ1n) is 10.2. The van der Waals surface area contributed by atoms with Crippen molar-refractivity contribution >= 4 is 11.9 Å². The Bertz CT molecular complexity index is 443. The van der Waals surface area contributed by atoms with Crippen molar-refractivity contribution in [3.8, 4) is 0 Å². The summed E-state index contributed by atoms with van der Waals surface area (Å²) in [4.78, 5) is 19.2. The lowest BCUT2D eigenvalue weighted by atomic mass is 9.85. The third-order valence-corrected chi connectivity index (χ3v) is 5.15. The van der Waals surface area contributed by atoms with Gasteiger partial charge in [0.25, 0.3) is 0 Å². The summed E-state index contributed by atoms with van der Waals surface area (Å²) in [7, 11) is 3.69. The molecule has 6 heteroatoms. The standard InChI is InChI=1S/C20H40N4O2/c1-7-21-19(22-14-11-17(16(3)4)26-8-2)23-15-20(12-9-10-13-20)18(25)24(5)6/h16-17H,7-15H2,1-6H3,(H2,21,22,23). The Kier molecular flexibility index (Phi) is 9.99. The van der Waals surface area contributed by atoms with Crippen molar-refractivity contribution < 1.29 is 9.53 Å². The first-order chi connectivity index (χ1) is 12.4. The molecule has 152 valence electrons. The van der Waals surface area contributed by atoms with Crippen molar-refractivity contribution in [2.75, 3.05) is 40.3 Å². The van der Waals surface area contributed by atoms with E-state index in [0.717, 1.165) is 57.8 Å². The lowest BCUT2D eigenvalue weighted by Gasteiger charge is -2.29. The van der Waals surface area contributed by atoms with E-state index in [1.165, 1.54) is 0 Å². The molecule has 1 aliphatic rings. The predicted octanol–water partition coefficient (Wildman–Crippen LogP) is 2.64. The van der Waals surface area contributed by atoms with Gasteiger partial charge in [-0.1, -0.05) is 26.7 Å². The molecule has 0 radical (unpaired) electrons. The second-order valence-corrected chi connectivity index (χ2v) is 7.84. The van der Waals surface area contributed by atoms with Crippen molar-refractivity contribution in [3.63, 3.8) is 0 Å². The molecule has 0 aromatic rings. The normalized spacial score (nSPS) is 18.0. The monoisotopic (exact) mass is 368 g/mol. The molecule has 1 rings (SSSR count). The average Bonchev–Trinajstić information content (AvgIpc) is 3.08. The number of rotatable bonds is 10. The Balaban J connectivity index is 2.68. The minimum Gasteiger partial charge on any atom is -0.378 e. The van der Waals surface area contributed by atoms with Gasteiger partial charge in [-0.05, 0) is 39.0 Å². The van der Waals surface area contributed by atoms with Crippen molar-refractivity contribution in [2.45, 2.75) is 65.9 Å². The molecule has 6 nitrogen and oxygen atoms in total. The van der Waals surface area contributed by atoms with Gasteiger partial charge in [0, 0.05) is 33.8 Å². The lowest BCUT2D eigenvalue weighted by molar-refractivity contribution is -0.138. The van der Waals surface area contributed by atoms with Crippen LogP contribution in [-0.2, 0) is 9.53 Å². The topological polar surface area (TPSA) is 66.0 Å². The molecule has 0 spiro atoms. The first kappa shape index (κ1) is 22.7. The molecule has 1 unspecified atom stereocenters. The zero-order chi connectivity index (χ0) is 19.6. The zero-order valence-corrected chi connectivity index (χ0v) is 17.7. The van der Waals surface area contributed by atoms with Gasteiger partial charge in [0.1, 0.15) is 0 Å². The largest absolute Gasteiger partial charge is 0.378 e. The van der Waals surface area contributed by atoms with Crippen LogP contribution in [0.3, 0.4) is 0 Å². The van der Waals surface area contributed by atoms with E-state index in [4.69, 9.17) is 9.73 Å². The fraction of sp³-hybridized carbons (Fsp3) is 0.900. The SMILES string of the molecule is CCNC(=NCC1(C(=O)N(C)C)CCCC1)NCCC(OCC)C(C)C. The fourth-order valence-corrected chi connectivity index (χ4v) is 3.69. The van der Waals surface area contributed by atoms with Gasteiger partial charge in [0.05, 0.1) is 18.1 Å². The van der Waals surface area contributed by atoms with Crippen LogP contribution >= 0.6 is 0 Å². The van der Waals surface area contributed by atoms with E-state index in [0.29, 0.717) is 12.5 Å². The Hall–Kier alpha value is -1.30. The number of ether oxygens (including phenoxy) is 1. The molecular formula is C20H40N4O2. The molecule has 0 bridgehead atoms.